The molecular formula is C17H16ClF3N2O2. The predicted molar refractivity (Wildman–Crippen MR) is 87.7 cm³/mol. The molecule has 0 spiro atoms. The molecule has 8 heteroatoms. The molecule has 4 nitrogen and oxygen atoms in total. The number of benzene rings is 1. The van der Waals surface area contributed by atoms with Crippen LogP contribution in [0.2, 0.25) is 5.15 Å². The van der Waals surface area contributed by atoms with Gasteiger partial charge in [-0.05, 0) is 31.0 Å². The zero-order chi connectivity index (χ0) is 18.6. The van der Waals surface area contributed by atoms with Gasteiger partial charge in [0.1, 0.15) is 5.15 Å². The molecule has 0 aliphatic carbocycles. The van der Waals surface area contributed by atoms with Crippen molar-refractivity contribution in [1.29, 1.82) is 0 Å². The molecule has 0 bridgehead atoms. The fourth-order valence-electron chi connectivity index (χ4n) is 2.52. The van der Waals surface area contributed by atoms with Crippen LogP contribution in [0.1, 0.15) is 34.0 Å². The van der Waals surface area contributed by atoms with Crippen molar-refractivity contribution in [2.24, 2.45) is 0 Å². The van der Waals surface area contributed by atoms with Gasteiger partial charge >= 0.3 is 12.1 Å². The number of nitrogens with zero attached hydrogens (tertiary/aromatic N) is 1. The summed E-state index contributed by atoms with van der Waals surface area (Å²) in [4.78, 5) is 15.0. The molecule has 1 aromatic carbocycles. The number of pyridine rings is 1. The summed E-state index contributed by atoms with van der Waals surface area (Å²) in [6, 6.07) is 6.72. The lowest BCUT2D eigenvalue weighted by Crippen LogP contribution is -2.29. The number of halogens is 4. The largest absolute Gasteiger partial charge is 0.478 e. The Balaban J connectivity index is 2.18. The highest BCUT2D eigenvalue weighted by atomic mass is 35.5. The maximum Gasteiger partial charge on any atom is 0.417 e. The molecule has 0 saturated carbocycles. The summed E-state index contributed by atoms with van der Waals surface area (Å²) in [6.07, 6.45) is -3.17. The minimum absolute atomic E-state index is 0.0217. The van der Waals surface area contributed by atoms with Gasteiger partial charge in [0.25, 0.3) is 0 Å². The number of hydrogen-bond acceptors (Lipinski definition) is 3. The second-order valence-corrected chi connectivity index (χ2v) is 5.94. The van der Waals surface area contributed by atoms with E-state index in [9.17, 15) is 18.0 Å². The van der Waals surface area contributed by atoms with E-state index in [4.69, 9.17) is 16.7 Å². The van der Waals surface area contributed by atoms with Crippen molar-refractivity contribution in [1.82, 2.24) is 10.3 Å². The zero-order valence-electron chi connectivity index (χ0n) is 13.3. The quantitative estimate of drug-likeness (QED) is 0.747. The molecule has 2 aromatic rings. The van der Waals surface area contributed by atoms with E-state index in [1.54, 1.807) is 25.3 Å². The number of carboxylic acid groups (broad SMARTS) is 1. The fraction of sp³-hybridized carbons (Fsp3) is 0.294. The van der Waals surface area contributed by atoms with Crippen LogP contribution < -0.4 is 5.32 Å². The summed E-state index contributed by atoms with van der Waals surface area (Å²) in [5, 5.41) is 12.4. The Morgan fingerprint density at radius 1 is 1.28 bits per heavy atom. The first-order chi connectivity index (χ1) is 11.7. The standard InChI is InChI=1S/C17H16ClF3N2O2/c1-10(23-9-12-5-3-7-22-15(12)18)8-11-4-2-6-13(16(24)25)14(11)17(19,20)21/h2-7,10,23H,8-9H2,1H3,(H,24,25). The van der Waals surface area contributed by atoms with Crippen LogP contribution in [0, 0.1) is 0 Å². The van der Waals surface area contributed by atoms with Crippen molar-refractivity contribution in [2.75, 3.05) is 0 Å². The van der Waals surface area contributed by atoms with Crippen LogP contribution in [0.4, 0.5) is 13.2 Å². The second kappa shape index (κ2) is 7.84. The van der Waals surface area contributed by atoms with Gasteiger partial charge in [-0.15, -0.1) is 0 Å². The van der Waals surface area contributed by atoms with E-state index in [1.165, 1.54) is 12.1 Å². The molecular weight excluding hydrogens is 357 g/mol. The van der Waals surface area contributed by atoms with Crippen LogP contribution in [-0.4, -0.2) is 22.1 Å². The molecule has 2 rings (SSSR count). The van der Waals surface area contributed by atoms with E-state index >= 15 is 0 Å². The lowest BCUT2D eigenvalue weighted by atomic mass is 9.95. The van der Waals surface area contributed by atoms with Gasteiger partial charge in [-0.3, -0.25) is 0 Å². The maximum atomic E-state index is 13.3. The van der Waals surface area contributed by atoms with Crippen molar-refractivity contribution in [3.63, 3.8) is 0 Å². The highest BCUT2D eigenvalue weighted by Gasteiger charge is 2.37. The minimum atomic E-state index is -4.74. The average Bonchev–Trinajstić information content (AvgIpc) is 2.52. The lowest BCUT2D eigenvalue weighted by molar-refractivity contribution is -0.138. The molecule has 1 unspecified atom stereocenters. The van der Waals surface area contributed by atoms with Crippen LogP contribution in [0.3, 0.4) is 0 Å². The number of alkyl halides is 3. The summed E-state index contributed by atoms with van der Waals surface area (Å²) in [7, 11) is 0. The van der Waals surface area contributed by atoms with Gasteiger partial charge in [-0.25, -0.2) is 9.78 Å². The number of nitrogens with one attached hydrogen (secondary N) is 1. The van der Waals surface area contributed by atoms with Crippen LogP contribution in [0.5, 0.6) is 0 Å². The summed E-state index contributed by atoms with van der Waals surface area (Å²) in [6.45, 7) is 2.06. The number of carboxylic acids is 1. The average molecular weight is 373 g/mol. The van der Waals surface area contributed by atoms with Gasteiger partial charge in [0.2, 0.25) is 0 Å². The first kappa shape index (κ1) is 19.2. The Morgan fingerprint density at radius 2 is 1.96 bits per heavy atom. The normalized spacial score (nSPS) is 12.8. The Labute approximate surface area is 147 Å². The number of rotatable bonds is 6. The molecule has 0 aliphatic rings. The molecule has 0 fully saturated rings. The van der Waals surface area contributed by atoms with E-state index in [0.717, 1.165) is 11.6 Å². The SMILES string of the molecule is CC(Cc1cccc(C(=O)O)c1C(F)(F)F)NCc1cccnc1Cl. The third kappa shape index (κ3) is 4.93. The highest BCUT2D eigenvalue weighted by molar-refractivity contribution is 6.30. The third-order valence-electron chi connectivity index (χ3n) is 3.67. The Kier molecular flexibility index (Phi) is 6.02. The number of aromatic nitrogens is 1. The van der Waals surface area contributed by atoms with E-state index in [-0.39, 0.29) is 18.0 Å². The second-order valence-electron chi connectivity index (χ2n) is 5.58. The zero-order valence-corrected chi connectivity index (χ0v) is 14.0. The molecule has 2 N–H and O–H groups in total. The highest BCUT2D eigenvalue weighted by Crippen LogP contribution is 2.35. The molecule has 134 valence electrons. The smallest absolute Gasteiger partial charge is 0.417 e. The summed E-state index contributed by atoms with van der Waals surface area (Å²) in [5.74, 6) is -1.60. The molecule has 1 heterocycles. The topological polar surface area (TPSA) is 62.2 Å². The molecule has 0 saturated heterocycles. The molecule has 25 heavy (non-hydrogen) atoms. The monoisotopic (exact) mass is 372 g/mol. The van der Waals surface area contributed by atoms with E-state index in [2.05, 4.69) is 10.3 Å². The summed E-state index contributed by atoms with van der Waals surface area (Å²) >= 11 is 5.94. The molecule has 1 aromatic heterocycles. The minimum Gasteiger partial charge on any atom is -0.478 e. The Hall–Kier alpha value is -2.12. The van der Waals surface area contributed by atoms with Crippen molar-refractivity contribution in [2.45, 2.75) is 32.1 Å². The van der Waals surface area contributed by atoms with Gasteiger partial charge in [0, 0.05) is 24.3 Å². The molecule has 0 amide bonds. The van der Waals surface area contributed by atoms with Gasteiger partial charge in [-0.2, -0.15) is 13.2 Å². The maximum absolute atomic E-state index is 13.3. The number of carbonyl (C=O) groups is 1. The molecule has 0 radical (unpaired) electrons. The number of aromatic carboxylic acids is 1. The first-order valence-electron chi connectivity index (χ1n) is 7.45. The van der Waals surface area contributed by atoms with Crippen molar-refractivity contribution < 1.29 is 23.1 Å². The van der Waals surface area contributed by atoms with E-state index in [1.807, 2.05) is 0 Å². The van der Waals surface area contributed by atoms with Gasteiger partial charge in [0.05, 0.1) is 11.1 Å². The van der Waals surface area contributed by atoms with Gasteiger partial charge < -0.3 is 10.4 Å². The summed E-state index contributed by atoms with van der Waals surface area (Å²) in [5.41, 5.74) is -1.18. The van der Waals surface area contributed by atoms with Crippen molar-refractivity contribution in [3.05, 3.63) is 63.9 Å². The summed E-state index contributed by atoms with van der Waals surface area (Å²) < 4.78 is 39.9. The third-order valence-corrected chi connectivity index (χ3v) is 4.01. The van der Waals surface area contributed by atoms with Crippen molar-refractivity contribution >= 4 is 17.6 Å². The van der Waals surface area contributed by atoms with Gasteiger partial charge in [-0.1, -0.05) is 29.8 Å². The van der Waals surface area contributed by atoms with E-state index < -0.39 is 23.3 Å². The van der Waals surface area contributed by atoms with Crippen LogP contribution in [-0.2, 0) is 19.1 Å². The fourth-order valence-corrected chi connectivity index (χ4v) is 2.71. The Morgan fingerprint density at radius 3 is 2.56 bits per heavy atom. The molecule has 1 atom stereocenters. The van der Waals surface area contributed by atoms with E-state index in [0.29, 0.717) is 11.7 Å². The number of hydrogen-bond donors (Lipinski definition) is 2. The van der Waals surface area contributed by atoms with Gasteiger partial charge in [0.15, 0.2) is 0 Å². The van der Waals surface area contributed by atoms with Crippen LogP contribution in [0.25, 0.3) is 0 Å². The Bertz CT molecular complexity index is 766. The predicted octanol–water partition coefficient (Wildman–Crippen LogP) is 4.17. The van der Waals surface area contributed by atoms with Crippen LogP contribution >= 0.6 is 11.6 Å². The lowest BCUT2D eigenvalue weighted by Gasteiger charge is -2.19. The molecule has 0 aliphatic heterocycles. The van der Waals surface area contributed by atoms with Crippen LogP contribution in [0.15, 0.2) is 36.5 Å². The first-order valence-corrected chi connectivity index (χ1v) is 7.83. The van der Waals surface area contributed by atoms with Crippen molar-refractivity contribution in [3.8, 4) is 0 Å².